The molecule has 3 heterocycles. The number of hydrogen-bond donors (Lipinski definition) is 1. The van der Waals surface area contributed by atoms with Gasteiger partial charge in [-0.25, -0.2) is 0 Å². The van der Waals surface area contributed by atoms with E-state index in [-0.39, 0.29) is 0 Å². The lowest BCUT2D eigenvalue weighted by atomic mass is 9.84. The second kappa shape index (κ2) is 6.36. The van der Waals surface area contributed by atoms with Crippen molar-refractivity contribution in [1.82, 2.24) is 15.1 Å². The summed E-state index contributed by atoms with van der Waals surface area (Å²) in [5, 5.41) is 3.86. The number of likely N-dealkylation sites (N-methyl/N-ethyl adjacent to an activating group) is 1. The fourth-order valence-electron chi connectivity index (χ4n) is 3.50. The first kappa shape index (κ1) is 14.3. The van der Waals surface area contributed by atoms with Crippen molar-refractivity contribution in [3.63, 3.8) is 0 Å². The molecule has 3 saturated heterocycles. The van der Waals surface area contributed by atoms with Gasteiger partial charge in [-0.1, -0.05) is 13.8 Å². The minimum atomic E-state index is 0.681. The molecule has 0 aromatic carbocycles. The first-order valence-electron chi connectivity index (χ1n) is 7.68. The summed E-state index contributed by atoms with van der Waals surface area (Å²) < 4.78 is 0. The predicted octanol–water partition coefficient (Wildman–Crippen LogP) is 1.65. The Morgan fingerprint density at radius 3 is 2.33 bits per heavy atom. The molecule has 0 amide bonds. The van der Waals surface area contributed by atoms with E-state index in [2.05, 4.69) is 43.1 Å². The van der Waals surface area contributed by atoms with Crippen LogP contribution in [-0.4, -0.2) is 62.2 Å². The fraction of sp³-hybridized carbons (Fsp3) is 1.00. The predicted molar refractivity (Wildman–Crippen MR) is 77.9 cm³/mol. The average molecular weight is 253 g/mol. The molecule has 0 aromatic heterocycles. The number of piperidine rings is 3. The third kappa shape index (κ3) is 3.69. The van der Waals surface area contributed by atoms with Gasteiger partial charge in [0.15, 0.2) is 0 Å². The first-order chi connectivity index (χ1) is 8.56. The molecule has 2 atom stereocenters. The van der Waals surface area contributed by atoms with Crippen molar-refractivity contribution in [1.29, 1.82) is 0 Å². The van der Waals surface area contributed by atoms with E-state index in [0.29, 0.717) is 6.04 Å². The quantitative estimate of drug-likeness (QED) is 0.776. The van der Waals surface area contributed by atoms with Gasteiger partial charge in [0.1, 0.15) is 0 Å². The van der Waals surface area contributed by atoms with Crippen LogP contribution in [0.3, 0.4) is 0 Å². The number of rotatable bonds is 6. The SMILES string of the molecule is CC(C)CC(CNC1CN2CCC1CC2)N(C)C. The van der Waals surface area contributed by atoms with Gasteiger partial charge in [0.25, 0.3) is 0 Å². The highest BCUT2D eigenvalue weighted by molar-refractivity contribution is 4.91. The molecule has 18 heavy (non-hydrogen) atoms. The zero-order valence-electron chi connectivity index (χ0n) is 12.7. The van der Waals surface area contributed by atoms with E-state index in [1.54, 1.807) is 0 Å². The van der Waals surface area contributed by atoms with Crippen LogP contribution in [0.25, 0.3) is 0 Å². The van der Waals surface area contributed by atoms with Crippen molar-refractivity contribution in [2.24, 2.45) is 11.8 Å². The lowest BCUT2D eigenvalue weighted by Gasteiger charge is -2.45. The van der Waals surface area contributed by atoms with Gasteiger partial charge >= 0.3 is 0 Å². The summed E-state index contributed by atoms with van der Waals surface area (Å²) in [6, 6.07) is 1.43. The maximum Gasteiger partial charge on any atom is 0.0224 e. The molecule has 3 aliphatic heterocycles. The number of hydrogen-bond acceptors (Lipinski definition) is 3. The molecule has 2 unspecified atom stereocenters. The summed E-state index contributed by atoms with van der Waals surface area (Å²) in [5.41, 5.74) is 0. The van der Waals surface area contributed by atoms with Crippen LogP contribution in [0.5, 0.6) is 0 Å². The van der Waals surface area contributed by atoms with Gasteiger partial charge in [-0.3, -0.25) is 0 Å². The first-order valence-corrected chi connectivity index (χ1v) is 7.68. The van der Waals surface area contributed by atoms with Gasteiger partial charge in [0.05, 0.1) is 0 Å². The summed E-state index contributed by atoms with van der Waals surface area (Å²) in [6.45, 7) is 9.76. The Bertz CT molecular complexity index is 240. The van der Waals surface area contributed by atoms with Crippen molar-refractivity contribution >= 4 is 0 Å². The molecular formula is C15H31N3. The number of nitrogens with one attached hydrogen (secondary N) is 1. The second-order valence-corrected chi connectivity index (χ2v) is 6.90. The van der Waals surface area contributed by atoms with Crippen molar-refractivity contribution in [3.05, 3.63) is 0 Å². The zero-order valence-corrected chi connectivity index (χ0v) is 12.7. The average Bonchev–Trinajstić information content (AvgIpc) is 2.35. The maximum absolute atomic E-state index is 3.86. The highest BCUT2D eigenvalue weighted by Gasteiger charge is 2.33. The number of nitrogens with zero attached hydrogens (tertiary/aromatic N) is 2. The topological polar surface area (TPSA) is 18.5 Å². The van der Waals surface area contributed by atoms with Gasteiger partial charge in [-0.15, -0.1) is 0 Å². The monoisotopic (exact) mass is 253 g/mol. The van der Waals surface area contributed by atoms with Crippen LogP contribution in [0.2, 0.25) is 0 Å². The van der Waals surface area contributed by atoms with Crippen molar-refractivity contribution in [2.45, 2.75) is 45.2 Å². The maximum atomic E-state index is 3.86. The highest BCUT2D eigenvalue weighted by atomic mass is 15.2. The Morgan fingerprint density at radius 1 is 1.22 bits per heavy atom. The lowest BCUT2D eigenvalue weighted by Crippen LogP contribution is -2.57. The van der Waals surface area contributed by atoms with Gasteiger partial charge in [-0.05, 0) is 58.3 Å². The molecular weight excluding hydrogens is 222 g/mol. The molecule has 0 saturated carbocycles. The molecule has 106 valence electrons. The standard InChI is InChI=1S/C15H31N3/c1-12(2)9-14(17(3)4)10-16-15-11-18-7-5-13(15)6-8-18/h12-16H,5-11H2,1-4H3. The molecule has 0 aliphatic carbocycles. The summed E-state index contributed by atoms with van der Waals surface area (Å²) in [5.74, 6) is 1.72. The summed E-state index contributed by atoms with van der Waals surface area (Å²) in [4.78, 5) is 5.01. The molecule has 1 N–H and O–H groups in total. The minimum Gasteiger partial charge on any atom is -0.311 e. The minimum absolute atomic E-state index is 0.681. The second-order valence-electron chi connectivity index (χ2n) is 6.90. The Balaban J connectivity index is 1.78. The van der Waals surface area contributed by atoms with Crippen molar-refractivity contribution in [2.75, 3.05) is 40.3 Å². The molecule has 3 heteroatoms. The summed E-state index contributed by atoms with van der Waals surface area (Å²) >= 11 is 0. The largest absolute Gasteiger partial charge is 0.311 e. The van der Waals surface area contributed by atoms with Crippen LogP contribution in [-0.2, 0) is 0 Å². The van der Waals surface area contributed by atoms with Crippen LogP contribution in [0, 0.1) is 11.8 Å². The Hall–Kier alpha value is -0.120. The van der Waals surface area contributed by atoms with E-state index in [9.17, 15) is 0 Å². The molecule has 2 bridgehead atoms. The van der Waals surface area contributed by atoms with E-state index in [4.69, 9.17) is 0 Å². The van der Waals surface area contributed by atoms with Gasteiger partial charge in [0.2, 0.25) is 0 Å². The van der Waals surface area contributed by atoms with Crippen LogP contribution >= 0.6 is 0 Å². The van der Waals surface area contributed by atoms with E-state index < -0.39 is 0 Å². The smallest absolute Gasteiger partial charge is 0.0224 e. The van der Waals surface area contributed by atoms with Crippen molar-refractivity contribution < 1.29 is 0 Å². The highest BCUT2D eigenvalue weighted by Crippen LogP contribution is 2.27. The molecule has 3 nitrogen and oxygen atoms in total. The summed E-state index contributed by atoms with van der Waals surface area (Å²) in [7, 11) is 4.43. The van der Waals surface area contributed by atoms with Gasteiger partial charge in [-0.2, -0.15) is 0 Å². The van der Waals surface area contributed by atoms with Crippen molar-refractivity contribution in [3.8, 4) is 0 Å². The van der Waals surface area contributed by atoms with Gasteiger partial charge in [0, 0.05) is 25.2 Å². The zero-order chi connectivity index (χ0) is 13.1. The molecule has 3 aliphatic rings. The van der Waals surface area contributed by atoms with Crippen LogP contribution < -0.4 is 5.32 Å². The van der Waals surface area contributed by atoms with Crippen LogP contribution in [0.1, 0.15) is 33.1 Å². The molecule has 3 fully saturated rings. The molecule has 0 aromatic rings. The molecule has 3 rings (SSSR count). The fourth-order valence-corrected chi connectivity index (χ4v) is 3.50. The number of fused-ring (bicyclic) bond motifs is 3. The van der Waals surface area contributed by atoms with Crippen LogP contribution in [0.4, 0.5) is 0 Å². The normalized spacial score (nSPS) is 33.3. The van der Waals surface area contributed by atoms with E-state index in [0.717, 1.165) is 24.4 Å². The third-order valence-electron chi connectivity index (χ3n) is 4.75. The van der Waals surface area contributed by atoms with E-state index in [1.165, 1.54) is 38.9 Å². The molecule has 0 spiro atoms. The third-order valence-corrected chi connectivity index (χ3v) is 4.75. The van der Waals surface area contributed by atoms with Gasteiger partial charge < -0.3 is 15.1 Å². The molecule has 0 radical (unpaired) electrons. The van der Waals surface area contributed by atoms with E-state index >= 15 is 0 Å². The Morgan fingerprint density at radius 2 is 1.89 bits per heavy atom. The Labute approximate surface area is 113 Å². The van der Waals surface area contributed by atoms with E-state index in [1.807, 2.05) is 0 Å². The summed E-state index contributed by atoms with van der Waals surface area (Å²) in [6.07, 6.45) is 4.12. The Kier molecular flexibility index (Phi) is 5.05. The lowest BCUT2D eigenvalue weighted by molar-refractivity contribution is 0.0685. The van der Waals surface area contributed by atoms with Crippen LogP contribution in [0.15, 0.2) is 0 Å².